The third kappa shape index (κ3) is 5.24. The summed E-state index contributed by atoms with van der Waals surface area (Å²) in [5.41, 5.74) is 5.89. The number of primary amides is 1. The molecule has 0 radical (unpaired) electrons. The van der Waals surface area contributed by atoms with Crippen LogP contribution in [-0.4, -0.2) is 24.6 Å². The second-order valence-corrected chi connectivity index (χ2v) is 4.99. The first-order chi connectivity index (χ1) is 9.85. The van der Waals surface area contributed by atoms with Crippen LogP contribution in [0.1, 0.15) is 32.4 Å². The summed E-state index contributed by atoms with van der Waals surface area (Å²) in [6.07, 6.45) is -0.882. The Hall–Kier alpha value is -1.79. The van der Waals surface area contributed by atoms with Crippen molar-refractivity contribution in [1.82, 2.24) is 10.6 Å². The van der Waals surface area contributed by atoms with Crippen LogP contribution in [-0.2, 0) is 4.79 Å². The van der Waals surface area contributed by atoms with Gasteiger partial charge in [0.05, 0.1) is 5.02 Å². The standard InChI is InChI=1S/C14H20ClN3O3/c1-4-17-8(2)10-5-6-12(11(15)7-10)21-9(3)13(19)18-14(16)20/h5-9,17H,4H2,1-3H3,(H3,16,18,19,20). The Bertz CT molecular complexity index is 522. The molecule has 0 saturated heterocycles. The molecule has 116 valence electrons. The number of nitrogens with one attached hydrogen (secondary N) is 2. The van der Waals surface area contributed by atoms with Crippen LogP contribution in [0.15, 0.2) is 18.2 Å². The summed E-state index contributed by atoms with van der Waals surface area (Å²) in [6, 6.07) is 4.59. The SMILES string of the molecule is CCNC(C)c1ccc(OC(C)C(=O)NC(N)=O)c(Cl)c1. The second-order valence-electron chi connectivity index (χ2n) is 4.58. The molecule has 1 rings (SSSR count). The molecule has 1 aromatic carbocycles. The van der Waals surface area contributed by atoms with Gasteiger partial charge in [-0.2, -0.15) is 0 Å². The quantitative estimate of drug-likeness (QED) is 0.748. The van der Waals surface area contributed by atoms with Crippen LogP contribution in [0.2, 0.25) is 5.02 Å². The molecule has 7 heteroatoms. The first-order valence-electron chi connectivity index (χ1n) is 6.65. The third-order valence-electron chi connectivity index (χ3n) is 2.89. The highest BCUT2D eigenvalue weighted by molar-refractivity contribution is 6.32. The summed E-state index contributed by atoms with van der Waals surface area (Å²) in [6.45, 7) is 6.40. The van der Waals surface area contributed by atoms with Gasteiger partial charge in [0.15, 0.2) is 6.10 Å². The number of benzene rings is 1. The molecule has 4 N–H and O–H groups in total. The topological polar surface area (TPSA) is 93.4 Å². The van der Waals surface area contributed by atoms with E-state index in [4.69, 9.17) is 22.1 Å². The van der Waals surface area contributed by atoms with Crippen molar-refractivity contribution >= 4 is 23.5 Å². The van der Waals surface area contributed by atoms with E-state index in [-0.39, 0.29) is 6.04 Å². The zero-order valence-corrected chi connectivity index (χ0v) is 13.0. The van der Waals surface area contributed by atoms with Crippen LogP contribution < -0.4 is 21.1 Å². The lowest BCUT2D eigenvalue weighted by molar-refractivity contribution is -0.126. The van der Waals surface area contributed by atoms with Gasteiger partial charge in [-0.05, 0) is 38.1 Å². The molecule has 1 aromatic rings. The van der Waals surface area contributed by atoms with Gasteiger partial charge in [-0.1, -0.05) is 24.6 Å². The predicted molar refractivity (Wildman–Crippen MR) is 81.4 cm³/mol. The minimum absolute atomic E-state index is 0.164. The van der Waals surface area contributed by atoms with Crippen LogP contribution in [0, 0.1) is 0 Å². The van der Waals surface area contributed by atoms with E-state index >= 15 is 0 Å². The summed E-state index contributed by atoms with van der Waals surface area (Å²) in [5.74, 6) is -0.250. The molecule has 0 aliphatic carbocycles. The number of halogens is 1. The zero-order valence-electron chi connectivity index (χ0n) is 12.3. The van der Waals surface area contributed by atoms with Gasteiger partial charge in [-0.15, -0.1) is 0 Å². The summed E-state index contributed by atoms with van der Waals surface area (Å²) < 4.78 is 5.43. The highest BCUT2D eigenvalue weighted by Gasteiger charge is 2.18. The fourth-order valence-electron chi connectivity index (χ4n) is 1.77. The normalized spacial score (nSPS) is 13.3. The molecule has 0 fully saturated rings. The van der Waals surface area contributed by atoms with Crippen LogP contribution in [0.25, 0.3) is 0 Å². The Morgan fingerprint density at radius 1 is 1.38 bits per heavy atom. The minimum Gasteiger partial charge on any atom is -0.479 e. The average Bonchev–Trinajstić information content (AvgIpc) is 2.40. The van der Waals surface area contributed by atoms with Crippen molar-refractivity contribution in [3.05, 3.63) is 28.8 Å². The lowest BCUT2D eigenvalue weighted by Gasteiger charge is -2.17. The Morgan fingerprint density at radius 3 is 2.57 bits per heavy atom. The number of hydrogen-bond acceptors (Lipinski definition) is 4. The smallest absolute Gasteiger partial charge is 0.318 e. The predicted octanol–water partition coefficient (Wildman–Crippen LogP) is 1.97. The van der Waals surface area contributed by atoms with E-state index in [1.807, 2.05) is 25.2 Å². The number of rotatable bonds is 6. The van der Waals surface area contributed by atoms with Crippen molar-refractivity contribution in [1.29, 1.82) is 0 Å². The van der Waals surface area contributed by atoms with E-state index in [0.717, 1.165) is 12.1 Å². The van der Waals surface area contributed by atoms with E-state index in [0.29, 0.717) is 10.8 Å². The number of carbonyl (C=O) groups is 2. The van der Waals surface area contributed by atoms with Gasteiger partial charge < -0.3 is 15.8 Å². The molecule has 0 spiro atoms. The first kappa shape index (κ1) is 17.3. The molecular formula is C14H20ClN3O3. The van der Waals surface area contributed by atoms with Crippen molar-refractivity contribution in [2.75, 3.05) is 6.54 Å². The van der Waals surface area contributed by atoms with E-state index in [1.165, 1.54) is 6.92 Å². The van der Waals surface area contributed by atoms with Gasteiger partial charge in [0.25, 0.3) is 5.91 Å². The summed E-state index contributed by atoms with van der Waals surface area (Å²) >= 11 is 6.15. The van der Waals surface area contributed by atoms with E-state index < -0.39 is 18.0 Å². The molecule has 0 saturated carbocycles. The van der Waals surface area contributed by atoms with Crippen molar-refractivity contribution in [3.63, 3.8) is 0 Å². The van der Waals surface area contributed by atoms with E-state index in [2.05, 4.69) is 5.32 Å². The van der Waals surface area contributed by atoms with Gasteiger partial charge in [-0.25, -0.2) is 4.79 Å². The van der Waals surface area contributed by atoms with Crippen molar-refractivity contribution in [3.8, 4) is 5.75 Å². The van der Waals surface area contributed by atoms with Crippen molar-refractivity contribution < 1.29 is 14.3 Å². The third-order valence-corrected chi connectivity index (χ3v) is 3.18. The van der Waals surface area contributed by atoms with E-state index in [1.54, 1.807) is 12.1 Å². The number of nitrogens with two attached hydrogens (primary N) is 1. The Kier molecular flexibility index (Phi) is 6.45. The second kappa shape index (κ2) is 7.85. The zero-order chi connectivity index (χ0) is 16.0. The van der Waals surface area contributed by atoms with Gasteiger partial charge in [0, 0.05) is 6.04 Å². The Balaban J connectivity index is 2.76. The van der Waals surface area contributed by atoms with Crippen molar-refractivity contribution in [2.45, 2.75) is 32.9 Å². The number of carbonyl (C=O) groups excluding carboxylic acids is 2. The molecule has 0 bridgehead atoms. The molecular weight excluding hydrogens is 294 g/mol. The molecule has 2 unspecified atom stereocenters. The molecule has 21 heavy (non-hydrogen) atoms. The largest absolute Gasteiger partial charge is 0.479 e. The molecule has 0 heterocycles. The number of hydrogen-bond donors (Lipinski definition) is 3. The molecule has 0 aliphatic rings. The van der Waals surface area contributed by atoms with Crippen LogP contribution in [0.5, 0.6) is 5.75 Å². The van der Waals surface area contributed by atoms with Crippen molar-refractivity contribution in [2.24, 2.45) is 5.73 Å². The molecule has 2 atom stereocenters. The molecule has 6 nitrogen and oxygen atoms in total. The maximum atomic E-state index is 11.5. The van der Waals surface area contributed by atoms with Gasteiger partial charge in [0.2, 0.25) is 0 Å². The highest BCUT2D eigenvalue weighted by Crippen LogP contribution is 2.28. The molecule has 0 aromatic heterocycles. The monoisotopic (exact) mass is 313 g/mol. The van der Waals surface area contributed by atoms with Gasteiger partial charge in [-0.3, -0.25) is 10.1 Å². The van der Waals surface area contributed by atoms with E-state index in [9.17, 15) is 9.59 Å². The van der Waals surface area contributed by atoms with Gasteiger partial charge >= 0.3 is 6.03 Å². The highest BCUT2D eigenvalue weighted by atomic mass is 35.5. The Labute approximate surface area is 129 Å². The fraction of sp³-hybridized carbons (Fsp3) is 0.429. The van der Waals surface area contributed by atoms with Crippen LogP contribution in [0.3, 0.4) is 0 Å². The summed E-state index contributed by atoms with van der Waals surface area (Å²) in [4.78, 5) is 22.2. The maximum absolute atomic E-state index is 11.5. The summed E-state index contributed by atoms with van der Waals surface area (Å²) in [7, 11) is 0. The first-order valence-corrected chi connectivity index (χ1v) is 7.02. The lowest BCUT2D eigenvalue weighted by atomic mass is 10.1. The fourth-order valence-corrected chi connectivity index (χ4v) is 2.01. The molecule has 0 aliphatic heterocycles. The lowest BCUT2D eigenvalue weighted by Crippen LogP contribution is -2.42. The summed E-state index contributed by atoms with van der Waals surface area (Å²) in [5, 5.41) is 5.62. The molecule has 3 amide bonds. The maximum Gasteiger partial charge on any atom is 0.318 e. The van der Waals surface area contributed by atoms with Gasteiger partial charge in [0.1, 0.15) is 5.75 Å². The Morgan fingerprint density at radius 2 is 2.05 bits per heavy atom. The number of ether oxygens (including phenoxy) is 1. The van der Waals surface area contributed by atoms with Crippen LogP contribution in [0.4, 0.5) is 4.79 Å². The number of amides is 3. The minimum atomic E-state index is -0.920. The van der Waals surface area contributed by atoms with Crippen LogP contribution >= 0.6 is 11.6 Å². The number of imide groups is 1. The average molecular weight is 314 g/mol. The number of urea groups is 1.